The Hall–Kier alpha value is -3.27. The van der Waals surface area contributed by atoms with E-state index in [2.05, 4.69) is 59.4 Å². The first-order valence-corrected chi connectivity index (χ1v) is 11.6. The molecule has 1 aliphatic rings. The highest BCUT2D eigenvalue weighted by atomic mass is 19.1. The Balaban J connectivity index is 1.24. The average Bonchev–Trinajstić information content (AvgIpc) is 3.28. The zero-order chi connectivity index (χ0) is 21.7. The molecule has 2 aromatic heterocycles. The number of hydrogen-bond donors (Lipinski definition) is 1. The highest BCUT2D eigenvalue weighted by molar-refractivity contribution is 6.04. The number of hydrogen-bond acceptors (Lipinski definition) is 2. The van der Waals surface area contributed by atoms with Crippen LogP contribution in [0.1, 0.15) is 55.8 Å². The number of benzene rings is 3. The molecule has 0 bridgehead atoms. The number of fused-ring (bicyclic) bond motifs is 4. The van der Waals surface area contributed by atoms with Gasteiger partial charge in [-0.1, -0.05) is 37.3 Å². The first-order chi connectivity index (χ1) is 15.7. The van der Waals surface area contributed by atoms with Crippen LogP contribution in [0.3, 0.4) is 0 Å². The van der Waals surface area contributed by atoms with Crippen molar-refractivity contribution in [3.63, 3.8) is 0 Å². The molecule has 0 unspecified atom stereocenters. The van der Waals surface area contributed by atoms with Crippen LogP contribution >= 0.6 is 0 Å². The maximum Gasteiger partial charge on any atom is 0.123 e. The summed E-state index contributed by atoms with van der Waals surface area (Å²) in [6.45, 7) is 2.31. The molecule has 0 radical (unpaired) electrons. The lowest BCUT2D eigenvalue weighted by Gasteiger charge is -2.32. The number of halogens is 1. The number of pyridine rings is 1. The fourth-order valence-electron chi connectivity index (χ4n) is 5.64. The Bertz CT molecular complexity index is 1430. The summed E-state index contributed by atoms with van der Waals surface area (Å²) in [7, 11) is 0. The maximum absolute atomic E-state index is 13.9. The lowest BCUT2D eigenvalue weighted by atomic mass is 9.73. The second kappa shape index (κ2) is 7.70. The number of imidazole rings is 1. The number of rotatable bonds is 3. The van der Waals surface area contributed by atoms with Crippen LogP contribution in [0, 0.1) is 11.7 Å². The van der Waals surface area contributed by atoms with Gasteiger partial charge in [0, 0.05) is 22.9 Å². The lowest BCUT2D eigenvalue weighted by molar-refractivity contribution is 0.286. The first-order valence-electron chi connectivity index (χ1n) is 11.6. The molecule has 1 aliphatic carbocycles. The molecular weight excluding hydrogens is 397 g/mol. The summed E-state index contributed by atoms with van der Waals surface area (Å²) in [5.41, 5.74) is 4.32. The van der Waals surface area contributed by atoms with Crippen molar-refractivity contribution in [1.29, 1.82) is 0 Å². The fourth-order valence-corrected chi connectivity index (χ4v) is 5.64. The van der Waals surface area contributed by atoms with E-state index in [0.29, 0.717) is 17.8 Å². The summed E-state index contributed by atoms with van der Waals surface area (Å²) in [4.78, 5) is 13.0. The first kappa shape index (κ1) is 19.4. The molecule has 0 aliphatic heterocycles. The van der Waals surface area contributed by atoms with Crippen LogP contribution in [0.25, 0.3) is 32.7 Å². The normalized spacial score (nSPS) is 20.2. The fraction of sp³-hybridized carbons (Fsp3) is 0.286. The molecule has 6 rings (SSSR count). The molecule has 1 atom stereocenters. The van der Waals surface area contributed by atoms with E-state index in [1.54, 1.807) is 12.1 Å². The summed E-state index contributed by atoms with van der Waals surface area (Å²) in [6.07, 6.45) is 6.41. The molecule has 1 N–H and O–H groups in total. The highest BCUT2D eigenvalue weighted by Gasteiger charge is 2.29. The van der Waals surface area contributed by atoms with Crippen LogP contribution in [-0.2, 0) is 0 Å². The van der Waals surface area contributed by atoms with E-state index in [-0.39, 0.29) is 5.82 Å². The Morgan fingerprint density at radius 2 is 1.72 bits per heavy atom. The summed E-state index contributed by atoms with van der Waals surface area (Å²) in [6, 6.07) is 19.8. The predicted octanol–water partition coefficient (Wildman–Crippen LogP) is 7.48. The van der Waals surface area contributed by atoms with Gasteiger partial charge >= 0.3 is 0 Å². The van der Waals surface area contributed by atoms with Crippen LogP contribution < -0.4 is 0 Å². The van der Waals surface area contributed by atoms with Crippen molar-refractivity contribution in [2.24, 2.45) is 5.92 Å². The molecule has 0 amide bonds. The Morgan fingerprint density at radius 1 is 0.906 bits per heavy atom. The van der Waals surface area contributed by atoms with Gasteiger partial charge in [0.2, 0.25) is 0 Å². The van der Waals surface area contributed by atoms with Crippen LogP contribution in [0.15, 0.2) is 66.9 Å². The number of nitrogens with zero attached hydrogens (tertiary/aromatic N) is 2. The van der Waals surface area contributed by atoms with Crippen molar-refractivity contribution >= 4 is 32.7 Å². The van der Waals surface area contributed by atoms with E-state index in [9.17, 15) is 4.39 Å². The van der Waals surface area contributed by atoms with Crippen LogP contribution in [0.5, 0.6) is 0 Å². The molecule has 0 saturated heterocycles. The van der Waals surface area contributed by atoms with Crippen LogP contribution in [-0.4, -0.2) is 15.0 Å². The molecule has 3 nitrogen and oxygen atoms in total. The zero-order valence-corrected chi connectivity index (χ0v) is 18.2. The standard InChI is InChI=1S/C28H26FN3/c1-17(28-31-26-12-10-19-4-2-3-5-23(19)27(26)32-28)18-6-8-20(9-7-18)22-14-15-30-25-13-11-21(29)16-24(22)25/h2-5,10-18,20H,6-9H2,1H3,(H,31,32)/t17-,18-,20+/m0/s1. The monoisotopic (exact) mass is 423 g/mol. The van der Waals surface area contributed by atoms with E-state index < -0.39 is 0 Å². The predicted molar refractivity (Wildman–Crippen MR) is 128 cm³/mol. The molecule has 2 heterocycles. The van der Waals surface area contributed by atoms with Crippen molar-refractivity contribution in [2.75, 3.05) is 0 Å². The largest absolute Gasteiger partial charge is 0.341 e. The lowest BCUT2D eigenvalue weighted by Crippen LogP contribution is -2.19. The van der Waals surface area contributed by atoms with E-state index in [0.717, 1.165) is 53.4 Å². The number of aromatic amines is 1. The Morgan fingerprint density at radius 3 is 2.59 bits per heavy atom. The van der Waals surface area contributed by atoms with Crippen molar-refractivity contribution in [1.82, 2.24) is 15.0 Å². The van der Waals surface area contributed by atoms with Gasteiger partial charge in [0.25, 0.3) is 0 Å². The number of aromatic nitrogens is 3. The Kier molecular flexibility index (Phi) is 4.67. The minimum atomic E-state index is -0.188. The van der Waals surface area contributed by atoms with Crippen LogP contribution in [0.4, 0.5) is 4.39 Å². The topological polar surface area (TPSA) is 41.6 Å². The highest BCUT2D eigenvalue weighted by Crippen LogP contribution is 2.43. The molecule has 1 fully saturated rings. The van der Waals surface area contributed by atoms with Gasteiger partial charge < -0.3 is 4.98 Å². The zero-order valence-electron chi connectivity index (χ0n) is 18.2. The third-order valence-corrected chi connectivity index (χ3v) is 7.49. The summed E-state index contributed by atoms with van der Waals surface area (Å²) < 4.78 is 13.9. The van der Waals surface area contributed by atoms with Crippen molar-refractivity contribution in [3.05, 3.63) is 84.1 Å². The quantitative estimate of drug-likeness (QED) is 0.327. The molecule has 1 saturated carbocycles. The molecule has 5 aromatic rings. The smallest absolute Gasteiger partial charge is 0.123 e. The van der Waals surface area contributed by atoms with Crippen molar-refractivity contribution < 1.29 is 4.39 Å². The van der Waals surface area contributed by atoms with Gasteiger partial charge in [0.05, 0.1) is 16.6 Å². The molecule has 32 heavy (non-hydrogen) atoms. The van der Waals surface area contributed by atoms with E-state index in [1.807, 2.05) is 6.20 Å². The average molecular weight is 424 g/mol. The molecule has 4 heteroatoms. The molecule has 3 aromatic carbocycles. The van der Waals surface area contributed by atoms with E-state index in [4.69, 9.17) is 4.98 Å². The van der Waals surface area contributed by atoms with Gasteiger partial charge in [0.1, 0.15) is 11.6 Å². The summed E-state index contributed by atoms with van der Waals surface area (Å²) in [5.74, 6) is 2.35. The minimum Gasteiger partial charge on any atom is -0.341 e. The van der Waals surface area contributed by atoms with Gasteiger partial charge in [-0.15, -0.1) is 0 Å². The van der Waals surface area contributed by atoms with Crippen LogP contribution in [0.2, 0.25) is 0 Å². The second-order valence-corrected chi connectivity index (χ2v) is 9.26. The summed E-state index contributed by atoms with van der Waals surface area (Å²) in [5, 5.41) is 3.44. The number of nitrogens with one attached hydrogen (secondary N) is 1. The van der Waals surface area contributed by atoms with E-state index in [1.165, 1.54) is 22.4 Å². The van der Waals surface area contributed by atoms with Gasteiger partial charge in [-0.2, -0.15) is 0 Å². The number of H-pyrrole nitrogens is 1. The van der Waals surface area contributed by atoms with Gasteiger partial charge in [0.15, 0.2) is 0 Å². The maximum atomic E-state index is 13.9. The van der Waals surface area contributed by atoms with Crippen molar-refractivity contribution in [3.8, 4) is 0 Å². The van der Waals surface area contributed by atoms with E-state index >= 15 is 0 Å². The third-order valence-electron chi connectivity index (χ3n) is 7.49. The van der Waals surface area contributed by atoms with Gasteiger partial charge in [-0.05, 0) is 78.8 Å². The van der Waals surface area contributed by atoms with Crippen molar-refractivity contribution in [2.45, 2.75) is 44.4 Å². The SMILES string of the molecule is C[C@H](c1nc2ccc3ccccc3c2[nH]1)[C@H]1CC[C@@H](c2ccnc3ccc(F)cc32)CC1. The molecular formula is C28H26FN3. The summed E-state index contributed by atoms with van der Waals surface area (Å²) >= 11 is 0. The Labute approximate surface area is 186 Å². The second-order valence-electron chi connectivity index (χ2n) is 9.26. The van der Waals surface area contributed by atoms with Gasteiger partial charge in [-0.25, -0.2) is 9.37 Å². The third kappa shape index (κ3) is 3.26. The minimum absolute atomic E-state index is 0.188. The molecule has 0 spiro atoms. The van der Waals surface area contributed by atoms with Gasteiger partial charge in [-0.3, -0.25) is 4.98 Å². The molecule has 160 valence electrons.